The molecule has 3 rings (SSSR count). The van der Waals surface area contributed by atoms with Crippen LogP contribution in [0.15, 0.2) is 59.7 Å². The number of hydrazone groups is 1. The van der Waals surface area contributed by atoms with Crippen molar-refractivity contribution in [3.8, 4) is 5.75 Å². The Balaban J connectivity index is 1.88. The Bertz CT molecular complexity index is 1110. The Kier molecular flexibility index (Phi) is 4.94. The zero-order chi connectivity index (χ0) is 20.3. The van der Waals surface area contributed by atoms with E-state index in [1.54, 1.807) is 18.2 Å². The van der Waals surface area contributed by atoms with E-state index in [0.29, 0.717) is 10.9 Å². The molecule has 0 radical (unpaired) electrons. The van der Waals surface area contributed by atoms with Crippen LogP contribution < -0.4 is 5.43 Å². The quantitative estimate of drug-likeness (QED) is 0.395. The number of fused-ring (bicyclic) bond motifs is 1. The van der Waals surface area contributed by atoms with Crippen molar-refractivity contribution in [3.05, 3.63) is 86.0 Å². The molecule has 0 fully saturated rings. The van der Waals surface area contributed by atoms with Gasteiger partial charge in [-0.15, -0.1) is 0 Å². The van der Waals surface area contributed by atoms with Crippen molar-refractivity contribution in [1.82, 2.24) is 5.43 Å². The first kappa shape index (κ1) is 18.5. The molecular weight excluding hydrogens is 368 g/mol. The molecule has 0 spiro atoms. The van der Waals surface area contributed by atoms with Gasteiger partial charge in [-0.3, -0.25) is 25.0 Å². The van der Waals surface area contributed by atoms with E-state index >= 15 is 0 Å². The molecule has 0 heterocycles. The van der Waals surface area contributed by atoms with Crippen LogP contribution in [0.5, 0.6) is 5.75 Å². The monoisotopic (exact) mass is 380 g/mol. The maximum absolute atomic E-state index is 12.2. The highest BCUT2D eigenvalue weighted by Gasteiger charge is 2.19. The van der Waals surface area contributed by atoms with Crippen molar-refractivity contribution in [2.45, 2.75) is 0 Å². The van der Waals surface area contributed by atoms with Crippen molar-refractivity contribution in [2.24, 2.45) is 5.10 Å². The van der Waals surface area contributed by atoms with E-state index in [0.717, 1.165) is 23.6 Å². The number of amides is 1. The highest BCUT2D eigenvalue weighted by molar-refractivity contribution is 6.03. The van der Waals surface area contributed by atoms with Crippen LogP contribution in [0, 0.1) is 20.2 Å². The van der Waals surface area contributed by atoms with E-state index in [1.807, 2.05) is 12.1 Å². The fourth-order valence-electron chi connectivity index (χ4n) is 2.58. The first-order chi connectivity index (χ1) is 13.4. The number of aromatic hydroxyl groups is 1. The van der Waals surface area contributed by atoms with E-state index in [1.165, 1.54) is 12.3 Å². The van der Waals surface area contributed by atoms with Crippen LogP contribution in [-0.4, -0.2) is 27.1 Å². The number of rotatable bonds is 5. The SMILES string of the molecule is O=C(N/N=C\c1c(O)ccc2ccccc12)c1cc([N+](=O)[O-])cc([N+](=O)[O-])c1. The van der Waals surface area contributed by atoms with E-state index in [2.05, 4.69) is 10.5 Å². The number of non-ortho nitro benzene ring substituents is 2. The van der Waals surface area contributed by atoms with Crippen molar-refractivity contribution >= 4 is 34.3 Å². The second kappa shape index (κ2) is 7.50. The van der Waals surface area contributed by atoms with E-state index in [4.69, 9.17) is 0 Å². The molecule has 2 N–H and O–H groups in total. The predicted molar refractivity (Wildman–Crippen MR) is 100 cm³/mol. The Hall–Kier alpha value is -4.34. The van der Waals surface area contributed by atoms with Gasteiger partial charge in [0, 0.05) is 17.7 Å². The molecule has 1 amide bonds. The number of nitrogens with zero attached hydrogens (tertiary/aromatic N) is 3. The zero-order valence-corrected chi connectivity index (χ0v) is 14.1. The number of phenolic OH excluding ortho intramolecular Hbond substituents is 1. The summed E-state index contributed by atoms with van der Waals surface area (Å²) in [5.74, 6) is -0.925. The zero-order valence-electron chi connectivity index (χ0n) is 14.1. The summed E-state index contributed by atoms with van der Waals surface area (Å²) in [6.45, 7) is 0. The average Bonchev–Trinajstić information content (AvgIpc) is 2.69. The molecule has 0 saturated heterocycles. The molecule has 10 heteroatoms. The highest BCUT2D eigenvalue weighted by atomic mass is 16.6. The van der Waals surface area contributed by atoms with Gasteiger partial charge >= 0.3 is 0 Å². The molecule has 140 valence electrons. The Morgan fingerprint density at radius 2 is 1.64 bits per heavy atom. The molecule has 3 aromatic rings. The molecule has 0 aliphatic carbocycles. The van der Waals surface area contributed by atoms with Gasteiger partial charge in [0.15, 0.2) is 0 Å². The van der Waals surface area contributed by atoms with Crippen LogP contribution in [-0.2, 0) is 0 Å². The summed E-state index contributed by atoms with van der Waals surface area (Å²) < 4.78 is 0. The number of hydrogen-bond acceptors (Lipinski definition) is 7. The first-order valence-electron chi connectivity index (χ1n) is 7.85. The molecule has 0 saturated carbocycles. The lowest BCUT2D eigenvalue weighted by atomic mass is 10.0. The van der Waals surface area contributed by atoms with Gasteiger partial charge in [0.2, 0.25) is 0 Å². The third-order valence-corrected chi connectivity index (χ3v) is 3.89. The molecule has 0 unspecified atom stereocenters. The van der Waals surface area contributed by atoms with Crippen LogP contribution in [0.4, 0.5) is 11.4 Å². The number of phenols is 1. The lowest BCUT2D eigenvalue weighted by molar-refractivity contribution is -0.394. The van der Waals surface area contributed by atoms with Gasteiger partial charge in [-0.2, -0.15) is 5.10 Å². The lowest BCUT2D eigenvalue weighted by Gasteiger charge is -2.05. The van der Waals surface area contributed by atoms with Crippen LogP contribution in [0.1, 0.15) is 15.9 Å². The standard InChI is InChI=1S/C18H12N4O6/c23-17-6-5-11-3-1-2-4-15(11)16(17)10-19-20-18(24)12-7-13(21(25)26)9-14(8-12)22(27)28/h1-10,23H,(H,20,24)/b19-10-. The van der Waals surface area contributed by atoms with E-state index < -0.39 is 27.1 Å². The van der Waals surface area contributed by atoms with Gasteiger partial charge in [-0.05, 0) is 16.8 Å². The largest absolute Gasteiger partial charge is 0.507 e. The first-order valence-corrected chi connectivity index (χ1v) is 7.85. The Morgan fingerprint density at radius 3 is 2.29 bits per heavy atom. The van der Waals surface area contributed by atoms with E-state index in [9.17, 15) is 30.1 Å². The number of nitro groups is 2. The summed E-state index contributed by atoms with van der Waals surface area (Å²) in [5, 5.41) is 37.1. The van der Waals surface area contributed by atoms with E-state index in [-0.39, 0.29) is 11.3 Å². The third-order valence-electron chi connectivity index (χ3n) is 3.89. The van der Waals surface area contributed by atoms with Gasteiger partial charge in [-0.25, -0.2) is 5.43 Å². The molecule has 0 aliphatic rings. The van der Waals surface area contributed by atoms with Crippen LogP contribution in [0.3, 0.4) is 0 Å². The molecule has 0 atom stereocenters. The van der Waals surface area contributed by atoms with Crippen LogP contribution in [0.2, 0.25) is 0 Å². The second-order valence-corrected chi connectivity index (χ2v) is 5.67. The summed E-state index contributed by atoms with van der Waals surface area (Å²) in [7, 11) is 0. The van der Waals surface area contributed by atoms with Crippen LogP contribution >= 0.6 is 0 Å². The fourth-order valence-corrected chi connectivity index (χ4v) is 2.58. The Labute approximate surface area is 157 Å². The van der Waals surface area contributed by atoms with Crippen molar-refractivity contribution < 1.29 is 19.7 Å². The summed E-state index contributed by atoms with van der Waals surface area (Å²) >= 11 is 0. The van der Waals surface area contributed by atoms with Crippen LogP contribution in [0.25, 0.3) is 10.8 Å². The number of hydrogen-bond donors (Lipinski definition) is 2. The van der Waals surface area contributed by atoms with Gasteiger partial charge in [0.1, 0.15) is 5.75 Å². The molecule has 3 aromatic carbocycles. The number of carbonyl (C=O) groups is 1. The lowest BCUT2D eigenvalue weighted by Crippen LogP contribution is -2.18. The fraction of sp³-hybridized carbons (Fsp3) is 0. The normalized spacial score (nSPS) is 10.9. The molecule has 28 heavy (non-hydrogen) atoms. The minimum atomic E-state index is -0.872. The van der Waals surface area contributed by atoms with Crippen molar-refractivity contribution in [2.75, 3.05) is 0 Å². The second-order valence-electron chi connectivity index (χ2n) is 5.67. The van der Waals surface area contributed by atoms with Crippen molar-refractivity contribution in [1.29, 1.82) is 0 Å². The summed E-state index contributed by atoms with van der Waals surface area (Å²) in [4.78, 5) is 32.3. The molecular formula is C18H12N4O6. The van der Waals surface area contributed by atoms with Gasteiger partial charge in [0.05, 0.1) is 27.7 Å². The third kappa shape index (κ3) is 3.75. The molecule has 0 aromatic heterocycles. The topological polar surface area (TPSA) is 148 Å². The maximum atomic E-state index is 12.2. The minimum Gasteiger partial charge on any atom is -0.507 e. The van der Waals surface area contributed by atoms with Gasteiger partial charge in [0.25, 0.3) is 17.3 Å². The number of benzene rings is 3. The molecule has 0 bridgehead atoms. The number of nitrogens with one attached hydrogen (secondary N) is 1. The molecule has 10 nitrogen and oxygen atoms in total. The average molecular weight is 380 g/mol. The maximum Gasteiger partial charge on any atom is 0.277 e. The van der Waals surface area contributed by atoms with Gasteiger partial charge in [-0.1, -0.05) is 30.3 Å². The summed E-state index contributed by atoms with van der Waals surface area (Å²) in [6.07, 6.45) is 1.22. The summed E-state index contributed by atoms with van der Waals surface area (Å²) in [5.41, 5.74) is 1.04. The summed E-state index contributed by atoms with van der Waals surface area (Å²) in [6, 6.07) is 13.0. The minimum absolute atomic E-state index is 0.0531. The Morgan fingerprint density at radius 1 is 1.00 bits per heavy atom. The number of nitro benzene ring substituents is 2. The van der Waals surface area contributed by atoms with Gasteiger partial charge < -0.3 is 5.11 Å². The predicted octanol–water partition coefficient (Wildman–Crippen LogP) is 3.13. The number of carbonyl (C=O) groups excluding carboxylic acids is 1. The smallest absolute Gasteiger partial charge is 0.277 e. The molecule has 0 aliphatic heterocycles. The van der Waals surface area contributed by atoms with Crippen molar-refractivity contribution in [3.63, 3.8) is 0 Å². The highest BCUT2D eigenvalue weighted by Crippen LogP contribution is 2.25.